The molecule has 0 aliphatic heterocycles. The number of nitrogens with zero attached hydrogens (tertiary/aromatic N) is 2. The highest BCUT2D eigenvalue weighted by molar-refractivity contribution is 6.11. The third kappa shape index (κ3) is 2.41. The van der Waals surface area contributed by atoms with Crippen molar-refractivity contribution in [3.05, 3.63) is 90.1 Å². The number of benzene rings is 4. The summed E-state index contributed by atoms with van der Waals surface area (Å²) >= 11 is 0. The second kappa shape index (κ2) is 6.11. The lowest BCUT2D eigenvalue weighted by Gasteiger charge is -2.11. The average molecular weight is 366 g/mol. The minimum Gasteiger partial charge on any atom is -0.256 e. The van der Waals surface area contributed by atoms with Crippen LogP contribution in [0.5, 0.6) is 0 Å². The van der Waals surface area contributed by atoms with Crippen molar-refractivity contribution in [1.82, 2.24) is 4.98 Å². The van der Waals surface area contributed by atoms with Crippen molar-refractivity contribution in [2.24, 2.45) is 0 Å². The van der Waals surface area contributed by atoms with Gasteiger partial charge in [-0.1, -0.05) is 36.4 Å². The molecule has 2 nitrogen and oxygen atoms in total. The molecule has 0 saturated carbocycles. The van der Waals surface area contributed by atoms with Gasteiger partial charge in [-0.15, -0.1) is 0 Å². The number of halogens is 2. The van der Waals surface area contributed by atoms with Gasteiger partial charge in [-0.25, -0.2) is 8.78 Å². The Morgan fingerprint density at radius 2 is 1.57 bits per heavy atom. The van der Waals surface area contributed by atoms with Gasteiger partial charge < -0.3 is 0 Å². The molecular weight excluding hydrogens is 354 g/mol. The van der Waals surface area contributed by atoms with Crippen LogP contribution in [-0.2, 0) is 0 Å². The van der Waals surface area contributed by atoms with Crippen molar-refractivity contribution in [3.63, 3.8) is 0 Å². The van der Waals surface area contributed by atoms with Crippen LogP contribution in [0, 0.1) is 23.0 Å². The summed E-state index contributed by atoms with van der Waals surface area (Å²) in [5.74, 6) is -1.21. The average Bonchev–Trinajstić information content (AvgIpc) is 2.72. The molecule has 0 unspecified atom stereocenters. The molecule has 0 amide bonds. The summed E-state index contributed by atoms with van der Waals surface area (Å²) in [4.78, 5) is 4.51. The molecule has 0 aliphatic carbocycles. The molecule has 5 rings (SSSR count). The first-order valence-electron chi connectivity index (χ1n) is 8.75. The van der Waals surface area contributed by atoms with E-state index in [0.717, 1.165) is 27.8 Å². The quantitative estimate of drug-likeness (QED) is 0.324. The highest BCUT2D eigenvalue weighted by Crippen LogP contribution is 2.35. The van der Waals surface area contributed by atoms with Crippen LogP contribution >= 0.6 is 0 Å². The molecule has 4 heteroatoms. The van der Waals surface area contributed by atoms with Gasteiger partial charge in [-0.05, 0) is 45.8 Å². The van der Waals surface area contributed by atoms with Crippen LogP contribution in [0.3, 0.4) is 0 Å². The van der Waals surface area contributed by atoms with E-state index in [1.807, 2.05) is 30.3 Å². The van der Waals surface area contributed by atoms with Gasteiger partial charge in [-0.3, -0.25) is 4.98 Å². The fourth-order valence-electron chi connectivity index (χ4n) is 3.79. The Labute approximate surface area is 159 Å². The zero-order chi connectivity index (χ0) is 19.3. The van der Waals surface area contributed by atoms with Gasteiger partial charge in [0, 0.05) is 28.6 Å². The molecule has 28 heavy (non-hydrogen) atoms. The van der Waals surface area contributed by atoms with Crippen molar-refractivity contribution in [1.29, 1.82) is 5.26 Å². The first-order chi connectivity index (χ1) is 13.7. The van der Waals surface area contributed by atoms with Crippen molar-refractivity contribution >= 4 is 32.3 Å². The lowest BCUT2D eigenvalue weighted by atomic mass is 9.95. The summed E-state index contributed by atoms with van der Waals surface area (Å²) in [5.41, 5.74) is 2.02. The van der Waals surface area contributed by atoms with Crippen LogP contribution in [-0.4, -0.2) is 4.98 Å². The van der Waals surface area contributed by atoms with E-state index in [0.29, 0.717) is 27.4 Å². The molecule has 132 valence electrons. The fraction of sp³-hybridized carbons (Fsp3) is 0. The number of fused-ring (bicyclic) bond motifs is 4. The van der Waals surface area contributed by atoms with Crippen molar-refractivity contribution in [3.8, 4) is 17.3 Å². The Balaban J connectivity index is 1.87. The molecule has 0 spiro atoms. The monoisotopic (exact) mass is 366 g/mol. The highest BCUT2D eigenvalue weighted by Gasteiger charge is 2.13. The maximum absolute atomic E-state index is 14.2. The van der Waals surface area contributed by atoms with Gasteiger partial charge in [-0.2, -0.15) is 5.26 Å². The number of hydrogen-bond acceptors (Lipinski definition) is 2. The summed E-state index contributed by atoms with van der Waals surface area (Å²) < 4.78 is 28.0. The van der Waals surface area contributed by atoms with Gasteiger partial charge in [0.15, 0.2) is 0 Å². The highest BCUT2D eigenvalue weighted by atomic mass is 19.1. The second-order valence-corrected chi connectivity index (χ2v) is 6.66. The molecule has 0 N–H and O–H groups in total. The largest absolute Gasteiger partial charge is 0.256 e. The van der Waals surface area contributed by atoms with Gasteiger partial charge in [0.05, 0.1) is 17.3 Å². The third-order valence-corrected chi connectivity index (χ3v) is 5.05. The third-order valence-electron chi connectivity index (χ3n) is 5.05. The minimum atomic E-state index is -0.617. The van der Waals surface area contributed by atoms with E-state index in [9.17, 15) is 14.0 Å². The van der Waals surface area contributed by atoms with E-state index in [2.05, 4.69) is 11.1 Å². The van der Waals surface area contributed by atoms with Gasteiger partial charge >= 0.3 is 0 Å². The first kappa shape index (κ1) is 16.3. The Bertz CT molecular complexity index is 1450. The van der Waals surface area contributed by atoms with Gasteiger partial charge in [0.1, 0.15) is 11.6 Å². The van der Waals surface area contributed by atoms with Gasteiger partial charge in [0.2, 0.25) is 0 Å². The van der Waals surface area contributed by atoms with Crippen molar-refractivity contribution in [2.45, 2.75) is 0 Å². The molecule has 0 aliphatic rings. The van der Waals surface area contributed by atoms with Crippen LogP contribution in [0.4, 0.5) is 8.78 Å². The van der Waals surface area contributed by atoms with E-state index in [1.54, 1.807) is 30.5 Å². The smallest absolute Gasteiger partial charge is 0.133 e. The van der Waals surface area contributed by atoms with Crippen LogP contribution in [0.1, 0.15) is 5.56 Å². The Morgan fingerprint density at radius 1 is 0.750 bits per heavy atom. The Morgan fingerprint density at radius 3 is 2.43 bits per heavy atom. The first-order valence-corrected chi connectivity index (χ1v) is 8.75. The van der Waals surface area contributed by atoms with Crippen LogP contribution in [0.2, 0.25) is 0 Å². The number of nitriles is 1. The maximum Gasteiger partial charge on any atom is 0.133 e. The van der Waals surface area contributed by atoms with Crippen molar-refractivity contribution in [2.75, 3.05) is 0 Å². The van der Waals surface area contributed by atoms with E-state index < -0.39 is 11.6 Å². The lowest BCUT2D eigenvalue weighted by molar-refractivity contribution is 0.592. The van der Waals surface area contributed by atoms with E-state index in [1.165, 1.54) is 6.07 Å². The summed E-state index contributed by atoms with van der Waals surface area (Å²) in [6.45, 7) is 0. The van der Waals surface area contributed by atoms with Crippen LogP contribution in [0.15, 0.2) is 72.9 Å². The van der Waals surface area contributed by atoms with E-state index in [-0.39, 0.29) is 0 Å². The van der Waals surface area contributed by atoms with Crippen LogP contribution < -0.4 is 0 Å². The number of pyridine rings is 1. The maximum atomic E-state index is 14.2. The SMILES string of the molecule is N#Cc1cc(-c2nccc3c2ccc2c(F)cc(F)cc23)cc2ccccc12. The molecule has 5 aromatic rings. The second-order valence-electron chi connectivity index (χ2n) is 6.66. The molecule has 1 heterocycles. The van der Waals surface area contributed by atoms with E-state index in [4.69, 9.17) is 0 Å². The molecule has 0 saturated heterocycles. The Hall–Kier alpha value is -3.84. The zero-order valence-electron chi connectivity index (χ0n) is 14.6. The van der Waals surface area contributed by atoms with Crippen LogP contribution in [0.25, 0.3) is 43.6 Å². The molecule has 0 fully saturated rings. The summed E-state index contributed by atoms with van der Waals surface area (Å²) in [6, 6.07) is 21.1. The van der Waals surface area contributed by atoms with Crippen molar-refractivity contribution < 1.29 is 8.78 Å². The number of rotatable bonds is 1. The van der Waals surface area contributed by atoms with Gasteiger partial charge in [0.25, 0.3) is 0 Å². The molecule has 4 aromatic carbocycles. The fourth-order valence-corrected chi connectivity index (χ4v) is 3.79. The molecule has 0 bridgehead atoms. The topological polar surface area (TPSA) is 36.7 Å². The molecule has 0 atom stereocenters. The number of aromatic nitrogens is 1. The zero-order valence-corrected chi connectivity index (χ0v) is 14.6. The summed E-state index contributed by atoms with van der Waals surface area (Å²) in [7, 11) is 0. The molecule has 0 radical (unpaired) electrons. The standard InChI is InChI=1S/C24H12F2N2/c25-17-11-22-19-7-8-28-24(21(19)6-5-20(22)23(26)12-17)15-9-14-3-1-2-4-18(14)16(10-15)13-27/h1-12H. The molecule has 1 aromatic heterocycles. The predicted molar refractivity (Wildman–Crippen MR) is 107 cm³/mol. The molecular formula is C24H12F2N2. The minimum absolute atomic E-state index is 0.363. The Kier molecular flexibility index (Phi) is 3.56. The summed E-state index contributed by atoms with van der Waals surface area (Å²) in [5, 5.41) is 13.7. The number of hydrogen-bond donors (Lipinski definition) is 0. The van der Waals surface area contributed by atoms with E-state index >= 15 is 0 Å². The summed E-state index contributed by atoms with van der Waals surface area (Å²) in [6.07, 6.45) is 1.63. The normalized spacial score (nSPS) is 11.2. The predicted octanol–water partition coefficient (Wildman–Crippen LogP) is 6.36. The lowest BCUT2D eigenvalue weighted by Crippen LogP contribution is -1.91.